The molecule has 0 unspecified atom stereocenters. The molecule has 0 aromatic heterocycles. The van der Waals surface area contributed by atoms with Crippen molar-refractivity contribution in [2.24, 2.45) is 23.2 Å². The first-order chi connectivity index (χ1) is 22.1. The van der Waals surface area contributed by atoms with Crippen molar-refractivity contribution < 1.29 is 31.7 Å². The van der Waals surface area contributed by atoms with Gasteiger partial charge in [-0.1, -0.05) is 53.2 Å². The zero-order valence-electron chi connectivity index (χ0n) is 28.3. The highest BCUT2D eigenvalue weighted by atomic mass is 32.2. The molecule has 2 bridgehead atoms. The van der Waals surface area contributed by atoms with Gasteiger partial charge in [0, 0.05) is 12.1 Å². The van der Waals surface area contributed by atoms with Gasteiger partial charge in [-0.05, 0) is 104 Å². The normalized spacial score (nSPS) is 25.9. The van der Waals surface area contributed by atoms with Crippen LogP contribution in [0.5, 0.6) is 0 Å². The molecule has 1 saturated heterocycles. The summed E-state index contributed by atoms with van der Waals surface area (Å²) in [4.78, 5) is 27.2. The molecule has 3 N–H and O–H groups in total. The molecule has 4 fully saturated rings. The van der Waals surface area contributed by atoms with Gasteiger partial charge in [-0.25, -0.2) is 17.5 Å². The van der Waals surface area contributed by atoms with Gasteiger partial charge in [0.25, 0.3) is 5.91 Å². The number of carbonyl (C=O) groups excluding carboxylic acids is 2. The molecular formula is C35H49BFN3O6S. The Bertz CT molecular complexity index is 1540. The maximum atomic E-state index is 14.0. The van der Waals surface area contributed by atoms with Crippen molar-refractivity contribution in [3.63, 3.8) is 0 Å². The Kier molecular flexibility index (Phi) is 10.6. The highest BCUT2D eigenvalue weighted by Crippen LogP contribution is 2.65. The molecule has 3 saturated carbocycles. The van der Waals surface area contributed by atoms with Gasteiger partial charge < -0.3 is 19.9 Å². The Morgan fingerprint density at radius 3 is 2.32 bits per heavy atom. The molecule has 0 spiro atoms. The van der Waals surface area contributed by atoms with Crippen LogP contribution in [0.3, 0.4) is 0 Å². The summed E-state index contributed by atoms with van der Waals surface area (Å²) in [5.41, 5.74) is 1.15. The van der Waals surface area contributed by atoms with Gasteiger partial charge in [0.2, 0.25) is 15.9 Å². The van der Waals surface area contributed by atoms with Crippen molar-refractivity contribution in [1.29, 1.82) is 0 Å². The molecule has 256 valence electrons. The highest BCUT2D eigenvalue weighted by molar-refractivity contribution is 7.89. The van der Waals surface area contributed by atoms with E-state index >= 15 is 0 Å². The number of benzene rings is 2. The third-order valence-corrected chi connectivity index (χ3v) is 12.0. The summed E-state index contributed by atoms with van der Waals surface area (Å²) in [6.07, 6.45) is 5.47. The van der Waals surface area contributed by atoms with Crippen LogP contribution in [0.25, 0.3) is 0 Å². The maximum absolute atomic E-state index is 14.0. The van der Waals surface area contributed by atoms with E-state index in [0.717, 1.165) is 61.9 Å². The van der Waals surface area contributed by atoms with Crippen molar-refractivity contribution in [1.82, 2.24) is 15.4 Å². The first kappa shape index (κ1) is 35.5. The molecule has 3 aliphatic carbocycles. The summed E-state index contributed by atoms with van der Waals surface area (Å²) in [5, 5.41) is 5.79. The van der Waals surface area contributed by atoms with E-state index in [-0.39, 0.29) is 22.3 Å². The summed E-state index contributed by atoms with van der Waals surface area (Å²) in [6.45, 7) is 12.5. The van der Waals surface area contributed by atoms with Crippen LogP contribution in [0.1, 0.15) is 89.6 Å². The van der Waals surface area contributed by atoms with E-state index in [1.807, 2.05) is 26.0 Å². The number of sulfonamides is 1. The second-order valence-electron chi connectivity index (χ2n) is 14.7. The van der Waals surface area contributed by atoms with Crippen LogP contribution >= 0.6 is 0 Å². The van der Waals surface area contributed by atoms with Gasteiger partial charge in [-0.2, -0.15) is 0 Å². The molecule has 2 aromatic carbocycles. The van der Waals surface area contributed by atoms with E-state index < -0.39 is 58.9 Å². The van der Waals surface area contributed by atoms with Gasteiger partial charge in [0.05, 0.1) is 22.5 Å². The fourth-order valence-electron chi connectivity index (χ4n) is 7.65. The number of rotatable bonds is 14. The van der Waals surface area contributed by atoms with E-state index in [1.54, 1.807) is 12.1 Å². The van der Waals surface area contributed by atoms with Gasteiger partial charge >= 0.3 is 7.12 Å². The number of nitrogens with one attached hydrogen (secondary N) is 3. The lowest BCUT2D eigenvalue weighted by atomic mass is 9.43. The van der Waals surface area contributed by atoms with E-state index in [0.29, 0.717) is 23.8 Å². The molecule has 6 rings (SSSR count). The van der Waals surface area contributed by atoms with Gasteiger partial charge in [-0.15, -0.1) is 0 Å². The zero-order valence-corrected chi connectivity index (χ0v) is 29.2. The Balaban J connectivity index is 1.34. The molecule has 2 amide bonds. The average molecular weight is 670 g/mol. The predicted molar refractivity (Wildman–Crippen MR) is 179 cm³/mol. The van der Waals surface area contributed by atoms with E-state index in [1.165, 1.54) is 0 Å². The molecule has 12 heteroatoms. The van der Waals surface area contributed by atoms with Crippen molar-refractivity contribution in [2.45, 2.75) is 109 Å². The molecule has 9 nitrogen and oxygen atoms in total. The minimum Gasteiger partial charge on any atom is -0.404 e. The Labute approximate surface area is 279 Å². The van der Waals surface area contributed by atoms with Crippen LogP contribution in [0, 0.1) is 29.0 Å². The summed E-state index contributed by atoms with van der Waals surface area (Å²) >= 11 is 0. The zero-order chi connectivity index (χ0) is 34.1. The first-order valence-electron chi connectivity index (χ1n) is 16.9. The summed E-state index contributed by atoms with van der Waals surface area (Å²) < 4.78 is 55.2. The van der Waals surface area contributed by atoms with Crippen molar-refractivity contribution in [3.05, 3.63) is 65.5 Å². The standard InChI is InChI=1S/C35H49BFN3O6S/c1-7-8-9-23-10-12-24(13-11-23)32(41)39-28(21-38-47(43,44)27-16-14-26(37)15-17-27)33(42)40-31(18-22(2)3)36-45-30-20-25-19-29(34(25,4)5)35(30,6)46-36/h10-17,22,25,28-31,38H,7-9,18-21H2,1-6H3,(H,39,41)(H,40,42)/t25-,28-,29-,30+,31-,35-/m0/s1. The number of carbonyl (C=O) groups is 2. The number of halogens is 1. The number of hydrogen-bond acceptors (Lipinski definition) is 6. The lowest BCUT2D eigenvalue weighted by Crippen LogP contribution is -2.65. The van der Waals surface area contributed by atoms with Crippen molar-refractivity contribution >= 4 is 29.0 Å². The van der Waals surface area contributed by atoms with Crippen LogP contribution in [0.15, 0.2) is 53.4 Å². The van der Waals surface area contributed by atoms with Crippen LogP contribution in [0.2, 0.25) is 0 Å². The molecule has 2 aromatic rings. The van der Waals surface area contributed by atoms with Gasteiger partial charge in [0.15, 0.2) is 0 Å². The van der Waals surface area contributed by atoms with Crippen LogP contribution in [0.4, 0.5) is 4.39 Å². The van der Waals surface area contributed by atoms with Crippen LogP contribution in [-0.4, -0.2) is 57.6 Å². The first-order valence-corrected chi connectivity index (χ1v) is 18.4. The monoisotopic (exact) mass is 669 g/mol. The van der Waals surface area contributed by atoms with Crippen LogP contribution in [-0.2, 0) is 30.5 Å². The second-order valence-corrected chi connectivity index (χ2v) is 16.5. The molecule has 47 heavy (non-hydrogen) atoms. The topological polar surface area (TPSA) is 123 Å². The molecule has 0 radical (unpaired) electrons. The smallest absolute Gasteiger partial charge is 0.404 e. The molecule has 6 atom stereocenters. The minimum atomic E-state index is -4.12. The fraction of sp³-hybridized carbons (Fsp3) is 0.600. The predicted octanol–water partition coefficient (Wildman–Crippen LogP) is 5.04. The second kappa shape index (κ2) is 14.0. The lowest BCUT2D eigenvalue weighted by Gasteiger charge is -2.64. The molecule has 1 aliphatic heterocycles. The van der Waals surface area contributed by atoms with E-state index in [9.17, 15) is 22.4 Å². The molecule has 4 aliphatic rings. The number of aryl methyl sites for hydroxylation is 1. The Hall–Kier alpha value is -2.80. The van der Waals surface area contributed by atoms with E-state index in [2.05, 4.69) is 43.1 Å². The third-order valence-electron chi connectivity index (χ3n) is 10.6. The SMILES string of the molecule is CCCCc1ccc(C(=O)N[C@@H](CNS(=O)(=O)c2ccc(F)cc2)C(=O)N[C@@H](CC(C)C)B2O[C@@H]3C[C@@H]4C[C@@H](C4(C)C)[C@]3(C)O2)cc1. The summed E-state index contributed by atoms with van der Waals surface area (Å²) in [7, 11) is -4.80. The third kappa shape index (κ3) is 7.61. The number of unbranched alkanes of at least 4 members (excludes halogenated alkanes) is 1. The average Bonchev–Trinajstić information content (AvgIpc) is 3.39. The quantitative estimate of drug-likeness (QED) is 0.242. The van der Waals surface area contributed by atoms with Gasteiger partial charge in [-0.3, -0.25) is 9.59 Å². The van der Waals surface area contributed by atoms with Crippen LogP contribution < -0.4 is 15.4 Å². The Morgan fingerprint density at radius 1 is 1.02 bits per heavy atom. The summed E-state index contributed by atoms with van der Waals surface area (Å²) in [6, 6.07) is 10.3. The fourth-order valence-corrected chi connectivity index (χ4v) is 8.69. The Morgan fingerprint density at radius 2 is 1.70 bits per heavy atom. The largest absolute Gasteiger partial charge is 0.481 e. The van der Waals surface area contributed by atoms with Crippen molar-refractivity contribution in [2.75, 3.05) is 6.54 Å². The maximum Gasteiger partial charge on any atom is 0.481 e. The number of amides is 2. The molecule has 1 heterocycles. The highest BCUT2D eigenvalue weighted by Gasteiger charge is 2.68. The van der Waals surface area contributed by atoms with Gasteiger partial charge in [0.1, 0.15) is 11.9 Å². The number of hydrogen-bond donors (Lipinski definition) is 3. The minimum absolute atomic E-state index is 0.0749. The summed E-state index contributed by atoms with van der Waals surface area (Å²) in [5.74, 6) is -1.08. The lowest BCUT2D eigenvalue weighted by molar-refractivity contribution is -0.199. The van der Waals surface area contributed by atoms with E-state index in [4.69, 9.17) is 9.31 Å². The van der Waals surface area contributed by atoms with Crippen molar-refractivity contribution in [3.8, 4) is 0 Å². The molecular weight excluding hydrogens is 620 g/mol.